The standard InChI is InChI=1S/C80H46N4/c1-5-21-47(22-6-1)79(48-23-7-2-8-24-48)63-35-15-13-29-51(63)57-41-59-53-31-17-39-69-75(53)81(71(59)44-65(57)79)67-37-19-33-55-61-43-62-56-34-20-38-68-78(56)84(74(62)46-73(61)83(69)77(55)67)70-40-18-32-54-60-42-58-52-30-14-16-36-64(52)80(49-25-9-3-10-26-49,50-27-11-4-12-28-50)66(58)45-72(60)82(68)76(54)70/h1-46H. The fourth-order valence-corrected chi connectivity index (χ4v) is 17.3. The van der Waals surface area contributed by atoms with E-state index in [1.165, 1.54) is 176 Å². The van der Waals surface area contributed by atoms with Crippen LogP contribution in [0.1, 0.15) is 44.5 Å². The van der Waals surface area contributed by atoms with E-state index in [2.05, 4.69) is 297 Å². The van der Waals surface area contributed by atoms with Crippen LogP contribution in [0.15, 0.2) is 279 Å². The minimum absolute atomic E-state index is 0.509. The van der Waals surface area contributed by atoms with E-state index >= 15 is 0 Å². The summed E-state index contributed by atoms with van der Waals surface area (Å²) in [5.74, 6) is 0. The quantitative estimate of drug-likeness (QED) is 0.156. The molecule has 4 heteroatoms. The van der Waals surface area contributed by atoms with Crippen LogP contribution in [0.5, 0.6) is 0 Å². The normalized spacial score (nSPS) is 14.4. The van der Waals surface area contributed by atoms with Crippen molar-refractivity contribution in [3.63, 3.8) is 0 Å². The van der Waals surface area contributed by atoms with Gasteiger partial charge >= 0.3 is 0 Å². The molecule has 13 aromatic carbocycles. The summed E-state index contributed by atoms with van der Waals surface area (Å²) in [6.45, 7) is 0. The minimum atomic E-state index is -0.509. The van der Waals surface area contributed by atoms with E-state index < -0.39 is 10.8 Å². The van der Waals surface area contributed by atoms with Crippen molar-refractivity contribution in [2.24, 2.45) is 0 Å². The molecule has 6 heterocycles. The van der Waals surface area contributed by atoms with Gasteiger partial charge in [-0.1, -0.05) is 218 Å². The molecule has 0 bridgehead atoms. The molecular weight excluding hydrogens is 1020 g/mol. The molecule has 0 atom stereocenters. The Morgan fingerprint density at radius 1 is 0.179 bits per heavy atom. The van der Waals surface area contributed by atoms with E-state index in [9.17, 15) is 0 Å². The maximum absolute atomic E-state index is 2.60. The Kier molecular flexibility index (Phi) is 7.89. The molecule has 0 aliphatic heterocycles. The molecule has 0 unspecified atom stereocenters. The van der Waals surface area contributed by atoms with Crippen LogP contribution in [0.4, 0.5) is 0 Å². The summed E-state index contributed by atoms with van der Waals surface area (Å²) in [4.78, 5) is 0. The molecule has 6 aromatic heterocycles. The van der Waals surface area contributed by atoms with Crippen LogP contribution >= 0.6 is 0 Å². The van der Waals surface area contributed by atoms with Crippen molar-refractivity contribution < 1.29 is 0 Å². The van der Waals surface area contributed by atoms with Gasteiger partial charge in [0.25, 0.3) is 0 Å². The molecule has 84 heavy (non-hydrogen) atoms. The van der Waals surface area contributed by atoms with E-state index in [0.717, 1.165) is 0 Å². The third-order valence-corrected chi connectivity index (χ3v) is 20.3. The van der Waals surface area contributed by atoms with Gasteiger partial charge in [-0.2, -0.15) is 0 Å². The number of aromatic nitrogens is 4. The highest BCUT2D eigenvalue weighted by molar-refractivity contribution is 6.28. The Labute approximate surface area is 480 Å². The SMILES string of the molecule is c1ccc(C2(c3ccccc3)c3ccccc3-c3cc4c5cccc6c5n(c4cc32)c2cccc3c4cc5c7cccc8c7n(c5cc4n6c32)c2cccc3c4cc5c(cc4n8c32)C(c2ccccc2)(c2ccccc2)c2ccccc2-5)cc1. The molecule has 0 radical (unpaired) electrons. The van der Waals surface area contributed by atoms with Gasteiger partial charge < -0.3 is 17.6 Å². The molecular formula is C80H46N4. The highest BCUT2D eigenvalue weighted by Gasteiger charge is 2.48. The fraction of sp³-hybridized carbons (Fsp3) is 0.0250. The molecule has 2 aliphatic carbocycles. The van der Waals surface area contributed by atoms with Crippen molar-refractivity contribution in [2.45, 2.75) is 10.8 Å². The van der Waals surface area contributed by atoms with E-state index in [1.807, 2.05) is 0 Å². The number of nitrogens with zero attached hydrogens (tertiary/aromatic N) is 4. The zero-order chi connectivity index (χ0) is 54.3. The van der Waals surface area contributed by atoms with Gasteiger partial charge in [-0.05, 0) is 127 Å². The van der Waals surface area contributed by atoms with Crippen molar-refractivity contribution in [3.05, 3.63) is 324 Å². The molecule has 0 saturated heterocycles. The van der Waals surface area contributed by atoms with Crippen LogP contribution in [-0.2, 0) is 10.8 Å². The predicted octanol–water partition coefficient (Wildman–Crippen LogP) is 19.5. The van der Waals surface area contributed by atoms with Gasteiger partial charge in [0.15, 0.2) is 0 Å². The third-order valence-electron chi connectivity index (χ3n) is 20.3. The highest BCUT2D eigenvalue weighted by Crippen LogP contribution is 2.60. The summed E-state index contributed by atoms with van der Waals surface area (Å²) in [6, 6.07) is 106. The monoisotopic (exact) mass is 1060 g/mol. The van der Waals surface area contributed by atoms with Gasteiger partial charge in [0.05, 0.1) is 77.0 Å². The Morgan fingerprint density at radius 2 is 0.464 bits per heavy atom. The number of benzene rings is 13. The van der Waals surface area contributed by atoms with Gasteiger partial charge in [0.2, 0.25) is 0 Å². The van der Waals surface area contributed by atoms with Gasteiger partial charge in [0, 0.05) is 43.1 Å². The van der Waals surface area contributed by atoms with Crippen molar-refractivity contribution in [1.29, 1.82) is 0 Å². The average molecular weight is 1060 g/mol. The number of hydrogen-bond donors (Lipinski definition) is 0. The van der Waals surface area contributed by atoms with Gasteiger partial charge in [-0.3, -0.25) is 0 Å². The van der Waals surface area contributed by atoms with Gasteiger partial charge in [-0.15, -0.1) is 0 Å². The van der Waals surface area contributed by atoms with Gasteiger partial charge in [-0.25, -0.2) is 0 Å². The molecule has 0 spiro atoms. The van der Waals surface area contributed by atoms with Crippen LogP contribution in [0.25, 0.3) is 132 Å². The summed E-state index contributed by atoms with van der Waals surface area (Å²) < 4.78 is 10.4. The first-order chi connectivity index (χ1) is 41.7. The van der Waals surface area contributed by atoms with Crippen molar-refractivity contribution in [1.82, 2.24) is 17.6 Å². The van der Waals surface area contributed by atoms with Crippen molar-refractivity contribution in [2.75, 3.05) is 0 Å². The lowest BCUT2D eigenvalue weighted by Gasteiger charge is -2.33. The lowest BCUT2D eigenvalue weighted by atomic mass is 9.67. The Morgan fingerprint density at radius 3 is 0.798 bits per heavy atom. The predicted molar refractivity (Wildman–Crippen MR) is 347 cm³/mol. The molecule has 4 nitrogen and oxygen atoms in total. The van der Waals surface area contributed by atoms with Crippen LogP contribution < -0.4 is 0 Å². The van der Waals surface area contributed by atoms with Crippen molar-refractivity contribution >= 4 is 109 Å². The van der Waals surface area contributed by atoms with E-state index in [1.54, 1.807) is 0 Å². The second-order valence-corrected chi connectivity index (χ2v) is 23.8. The van der Waals surface area contributed by atoms with Gasteiger partial charge in [0.1, 0.15) is 0 Å². The topological polar surface area (TPSA) is 17.6 Å². The minimum Gasteiger partial charge on any atom is -0.305 e. The third kappa shape index (κ3) is 4.89. The van der Waals surface area contributed by atoms with E-state index in [-0.39, 0.29) is 0 Å². The zero-order valence-corrected chi connectivity index (χ0v) is 45.3. The lowest BCUT2D eigenvalue weighted by molar-refractivity contribution is 0.769. The maximum Gasteiger partial charge on any atom is 0.0783 e. The van der Waals surface area contributed by atoms with Crippen LogP contribution in [-0.4, -0.2) is 17.6 Å². The zero-order valence-electron chi connectivity index (χ0n) is 45.3. The second-order valence-electron chi connectivity index (χ2n) is 23.8. The number of hydrogen-bond acceptors (Lipinski definition) is 0. The highest BCUT2D eigenvalue weighted by atomic mass is 15.0. The van der Waals surface area contributed by atoms with E-state index in [4.69, 9.17) is 0 Å². The first kappa shape index (κ1) is 43.8. The number of rotatable bonds is 4. The Balaban J connectivity index is 0.864. The first-order valence-corrected chi connectivity index (χ1v) is 29.4. The summed E-state index contributed by atoms with van der Waals surface area (Å²) in [5, 5.41) is 10.1. The second kappa shape index (κ2) is 15.1. The summed E-state index contributed by atoms with van der Waals surface area (Å²) >= 11 is 0. The molecule has 0 N–H and O–H groups in total. The Bertz CT molecular complexity index is 5630. The largest absolute Gasteiger partial charge is 0.305 e. The number of para-hydroxylation sites is 4. The molecule has 2 aliphatic rings. The first-order valence-electron chi connectivity index (χ1n) is 29.4. The summed E-state index contributed by atoms with van der Waals surface area (Å²) in [7, 11) is 0. The van der Waals surface area contributed by atoms with Crippen LogP contribution in [0.2, 0.25) is 0 Å². The summed E-state index contributed by atoms with van der Waals surface area (Å²) in [5.41, 5.74) is 29.2. The lowest BCUT2D eigenvalue weighted by Crippen LogP contribution is -2.28. The Hall–Kier alpha value is -10.9. The molecule has 0 fully saturated rings. The number of fused-ring (bicyclic) bond motifs is 22. The average Bonchev–Trinajstić information content (AvgIpc) is 2.07. The molecule has 0 amide bonds. The van der Waals surface area contributed by atoms with Crippen LogP contribution in [0, 0.1) is 0 Å². The van der Waals surface area contributed by atoms with Crippen molar-refractivity contribution in [3.8, 4) is 22.3 Å². The molecule has 21 rings (SSSR count). The van der Waals surface area contributed by atoms with E-state index in [0.29, 0.717) is 0 Å². The smallest absolute Gasteiger partial charge is 0.0783 e. The van der Waals surface area contributed by atoms with Crippen LogP contribution in [0.3, 0.4) is 0 Å². The maximum atomic E-state index is 2.60. The fourth-order valence-electron chi connectivity index (χ4n) is 17.3. The molecule has 19 aromatic rings. The molecule has 0 saturated carbocycles. The summed E-state index contributed by atoms with van der Waals surface area (Å²) in [6.07, 6.45) is 0. The molecule has 386 valence electrons.